The fourth-order valence-electron chi connectivity index (χ4n) is 1.71. The molecule has 0 saturated carbocycles. The van der Waals surface area contributed by atoms with Crippen LogP contribution in [-0.4, -0.2) is 31.1 Å². The van der Waals surface area contributed by atoms with E-state index in [2.05, 4.69) is 4.98 Å². The summed E-state index contributed by atoms with van der Waals surface area (Å²) in [4.78, 5) is 16.9. The van der Waals surface area contributed by atoms with E-state index in [0.717, 1.165) is 0 Å². The van der Waals surface area contributed by atoms with Crippen LogP contribution < -0.4 is 10.0 Å². The van der Waals surface area contributed by atoms with E-state index in [9.17, 15) is 13.2 Å². The van der Waals surface area contributed by atoms with Crippen LogP contribution >= 0.6 is 23.2 Å². The van der Waals surface area contributed by atoms with Gasteiger partial charge in [-0.3, -0.25) is 9.69 Å². The Morgan fingerprint density at radius 2 is 2.06 bits per heavy atom. The third-order valence-electron chi connectivity index (χ3n) is 2.58. The molecular formula is C9H9Cl2N3O3S. The summed E-state index contributed by atoms with van der Waals surface area (Å²) < 4.78 is 22.4. The van der Waals surface area contributed by atoms with Crippen molar-refractivity contribution in [3.63, 3.8) is 0 Å². The molecule has 18 heavy (non-hydrogen) atoms. The molecule has 1 aromatic rings. The van der Waals surface area contributed by atoms with Crippen molar-refractivity contribution < 1.29 is 13.2 Å². The van der Waals surface area contributed by atoms with Gasteiger partial charge in [0.15, 0.2) is 0 Å². The molecule has 0 spiro atoms. The van der Waals surface area contributed by atoms with Gasteiger partial charge in [0.2, 0.25) is 15.9 Å². The second-order valence-corrected chi connectivity index (χ2v) is 6.55. The lowest BCUT2D eigenvalue weighted by Gasteiger charge is -2.15. The van der Waals surface area contributed by atoms with Crippen molar-refractivity contribution in [2.24, 2.45) is 5.14 Å². The minimum atomic E-state index is -3.75. The highest BCUT2D eigenvalue weighted by Crippen LogP contribution is 2.26. The molecule has 0 aliphatic carbocycles. The molecule has 2 N–H and O–H groups in total. The van der Waals surface area contributed by atoms with Gasteiger partial charge < -0.3 is 0 Å². The van der Waals surface area contributed by atoms with Gasteiger partial charge in [0, 0.05) is 18.0 Å². The van der Waals surface area contributed by atoms with E-state index < -0.39 is 15.3 Å². The van der Waals surface area contributed by atoms with Crippen LogP contribution in [0.3, 0.4) is 0 Å². The molecule has 1 aromatic heterocycles. The molecule has 98 valence electrons. The zero-order valence-corrected chi connectivity index (χ0v) is 11.3. The molecule has 1 aliphatic heterocycles. The van der Waals surface area contributed by atoms with Crippen LogP contribution in [-0.2, 0) is 14.8 Å². The van der Waals surface area contributed by atoms with Crippen molar-refractivity contribution in [1.82, 2.24) is 4.98 Å². The molecule has 1 atom stereocenters. The lowest BCUT2D eigenvalue weighted by atomic mass is 10.4. The normalized spacial score (nSPS) is 20.5. The van der Waals surface area contributed by atoms with Crippen LogP contribution in [0.1, 0.15) is 6.42 Å². The Bertz CT molecular complexity index is 585. The summed E-state index contributed by atoms with van der Waals surface area (Å²) in [5.41, 5.74) is 0. The fourth-order valence-corrected chi connectivity index (χ4v) is 2.90. The highest BCUT2D eigenvalue weighted by molar-refractivity contribution is 7.89. The number of aromatic nitrogens is 1. The van der Waals surface area contributed by atoms with Gasteiger partial charge in [-0.05, 0) is 12.1 Å². The Balaban J connectivity index is 2.32. The molecule has 0 radical (unpaired) electrons. The monoisotopic (exact) mass is 309 g/mol. The minimum Gasteiger partial charge on any atom is -0.295 e. The smallest absolute Gasteiger partial charge is 0.229 e. The van der Waals surface area contributed by atoms with E-state index in [0.29, 0.717) is 5.02 Å². The molecule has 2 rings (SSSR count). The standard InChI is InChI=1S/C9H9Cl2N3O3S/c10-5-1-7(11)13-8(2-5)14-4-6(3-9(14)15)18(12,16)17/h1-2,6H,3-4H2,(H2,12,16,17). The summed E-state index contributed by atoms with van der Waals surface area (Å²) in [5.74, 6) is -0.150. The maximum Gasteiger partial charge on any atom is 0.229 e. The Labute approximate surface area is 114 Å². The highest BCUT2D eigenvalue weighted by Gasteiger charge is 2.37. The predicted octanol–water partition coefficient (Wildman–Crippen LogP) is 0.782. The number of primary sulfonamides is 1. The van der Waals surface area contributed by atoms with Gasteiger partial charge in [-0.25, -0.2) is 18.5 Å². The molecule has 0 bridgehead atoms. The van der Waals surface area contributed by atoms with E-state index in [4.69, 9.17) is 28.3 Å². The third-order valence-corrected chi connectivity index (χ3v) is 4.23. The lowest BCUT2D eigenvalue weighted by molar-refractivity contribution is -0.117. The van der Waals surface area contributed by atoms with Crippen molar-refractivity contribution in [1.29, 1.82) is 0 Å². The van der Waals surface area contributed by atoms with Crippen LogP contribution in [0.4, 0.5) is 5.82 Å². The van der Waals surface area contributed by atoms with Gasteiger partial charge >= 0.3 is 0 Å². The lowest BCUT2D eigenvalue weighted by Crippen LogP contribution is -2.32. The summed E-state index contributed by atoms with van der Waals surface area (Å²) in [5, 5.41) is 4.54. The number of pyridine rings is 1. The number of hydrogen-bond donors (Lipinski definition) is 1. The van der Waals surface area contributed by atoms with Gasteiger partial charge in [-0.15, -0.1) is 0 Å². The summed E-state index contributed by atoms with van der Waals surface area (Å²) >= 11 is 11.5. The minimum absolute atomic E-state index is 0.0403. The molecule has 1 amide bonds. The van der Waals surface area contributed by atoms with E-state index in [-0.39, 0.29) is 29.8 Å². The number of amides is 1. The topological polar surface area (TPSA) is 93.4 Å². The van der Waals surface area contributed by atoms with Crippen LogP contribution in [0, 0.1) is 0 Å². The molecule has 1 aliphatic rings. The van der Waals surface area contributed by atoms with Crippen LogP contribution in [0.2, 0.25) is 10.2 Å². The van der Waals surface area contributed by atoms with Gasteiger partial charge in [0.25, 0.3) is 0 Å². The Hall–Kier alpha value is -0.890. The van der Waals surface area contributed by atoms with E-state index in [1.54, 1.807) is 0 Å². The molecule has 1 saturated heterocycles. The van der Waals surface area contributed by atoms with E-state index in [1.165, 1.54) is 17.0 Å². The number of carbonyl (C=O) groups is 1. The first-order chi connectivity index (χ1) is 8.27. The average Bonchev–Trinajstić information content (AvgIpc) is 2.58. The summed E-state index contributed by atoms with van der Waals surface area (Å²) in [6.07, 6.45) is -0.162. The molecule has 9 heteroatoms. The number of nitrogens with zero attached hydrogens (tertiary/aromatic N) is 2. The van der Waals surface area contributed by atoms with Crippen molar-refractivity contribution in [2.45, 2.75) is 11.7 Å². The van der Waals surface area contributed by atoms with Crippen LogP contribution in [0.25, 0.3) is 0 Å². The zero-order chi connectivity index (χ0) is 13.5. The molecule has 2 heterocycles. The first kappa shape index (κ1) is 13.5. The first-order valence-electron chi connectivity index (χ1n) is 4.92. The SMILES string of the molecule is NS(=O)(=O)C1CC(=O)N(c2cc(Cl)cc(Cl)n2)C1. The van der Waals surface area contributed by atoms with Crippen molar-refractivity contribution >= 4 is 45.0 Å². The van der Waals surface area contributed by atoms with Crippen molar-refractivity contribution in [3.05, 3.63) is 22.3 Å². The number of nitrogens with two attached hydrogens (primary N) is 1. The summed E-state index contributed by atoms with van der Waals surface area (Å²) in [6, 6.07) is 2.86. The first-order valence-corrected chi connectivity index (χ1v) is 7.29. The summed E-state index contributed by atoms with van der Waals surface area (Å²) in [7, 11) is -3.75. The average molecular weight is 310 g/mol. The van der Waals surface area contributed by atoms with Gasteiger partial charge in [0.1, 0.15) is 16.2 Å². The molecule has 6 nitrogen and oxygen atoms in total. The van der Waals surface area contributed by atoms with Crippen LogP contribution in [0.15, 0.2) is 12.1 Å². The van der Waals surface area contributed by atoms with Gasteiger partial charge in [0.05, 0.1) is 0 Å². The van der Waals surface area contributed by atoms with Gasteiger partial charge in [-0.2, -0.15) is 0 Å². The number of halogens is 2. The quantitative estimate of drug-likeness (QED) is 0.817. The van der Waals surface area contributed by atoms with Gasteiger partial charge in [-0.1, -0.05) is 23.2 Å². The third kappa shape index (κ3) is 2.74. The van der Waals surface area contributed by atoms with Crippen LogP contribution in [0.5, 0.6) is 0 Å². The largest absolute Gasteiger partial charge is 0.295 e. The maximum absolute atomic E-state index is 11.7. The number of anilines is 1. The number of sulfonamides is 1. The molecular weight excluding hydrogens is 301 g/mol. The Morgan fingerprint density at radius 3 is 2.56 bits per heavy atom. The number of hydrogen-bond acceptors (Lipinski definition) is 4. The number of rotatable bonds is 2. The predicted molar refractivity (Wildman–Crippen MR) is 68.1 cm³/mol. The van der Waals surface area contributed by atoms with Crippen molar-refractivity contribution in [3.8, 4) is 0 Å². The summed E-state index contributed by atoms with van der Waals surface area (Å²) in [6.45, 7) is -0.0403. The van der Waals surface area contributed by atoms with E-state index in [1.807, 2.05) is 0 Å². The second kappa shape index (κ2) is 4.65. The maximum atomic E-state index is 11.7. The second-order valence-electron chi connectivity index (χ2n) is 3.89. The molecule has 0 aromatic carbocycles. The highest BCUT2D eigenvalue weighted by atomic mass is 35.5. The Morgan fingerprint density at radius 1 is 1.39 bits per heavy atom. The van der Waals surface area contributed by atoms with E-state index >= 15 is 0 Å². The molecule has 1 fully saturated rings. The Kier molecular flexibility index (Phi) is 3.50. The fraction of sp³-hybridized carbons (Fsp3) is 0.333. The molecule has 1 unspecified atom stereocenters. The zero-order valence-electron chi connectivity index (χ0n) is 9.01. The van der Waals surface area contributed by atoms with Crippen molar-refractivity contribution in [2.75, 3.05) is 11.4 Å². The number of carbonyl (C=O) groups excluding carboxylic acids is 1.